The molecule has 2 heterocycles. The monoisotopic (exact) mass is 481 g/mol. The van der Waals surface area contributed by atoms with Gasteiger partial charge in [0.2, 0.25) is 0 Å². The van der Waals surface area contributed by atoms with Gasteiger partial charge in [-0.1, -0.05) is 17.7 Å². The Morgan fingerprint density at radius 1 is 1.06 bits per heavy atom. The van der Waals surface area contributed by atoms with Crippen LogP contribution in [0.2, 0.25) is 5.02 Å². The maximum Gasteiger partial charge on any atom is 0.259 e. The number of amides is 2. The number of nitrogens with one attached hydrogen (secondary N) is 3. The molecular formula is C24H21ClFN5O3. The number of carbonyl (C=O) groups excluding carboxylic acids is 2. The zero-order valence-electron chi connectivity index (χ0n) is 18.2. The Balaban J connectivity index is 1.55. The maximum atomic E-state index is 14.8. The van der Waals surface area contributed by atoms with Gasteiger partial charge in [0.05, 0.1) is 28.9 Å². The van der Waals surface area contributed by atoms with Crippen LogP contribution in [-0.4, -0.2) is 47.7 Å². The van der Waals surface area contributed by atoms with E-state index in [4.69, 9.17) is 21.7 Å². The van der Waals surface area contributed by atoms with Crippen LogP contribution < -0.4 is 15.4 Å². The lowest BCUT2D eigenvalue weighted by Crippen LogP contribution is -2.42. The van der Waals surface area contributed by atoms with Crippen LogP contribution in [0.15, 0.2) is 54.7 Å². The van der Waals surface area contributed by atoms with Crippen LogP contribution in [0.25, 0.3) is 0 Å². The molecule has 0 bridgehead atoms. The summed E-state index contributed by atoms with van der Waals surface area (Å²) in [6.45, 7) is 1.52. The van der Waals surface area contributed by atoms with E-state index in [2.05, 4.69) is 15.6 Å². The third-order valence-electron chi connectivity index (χ3n) is 5.35. The number of ether oxygens (including phenoxy) is 1. The number of aromatic nitrogens is 1. The molecule has 174 valence electrons. The Kier molecular flexibility index (Phi) is 6.74. The van der Waals surface area contributed by atoms with E-state index in [1.165, 1.54) is 49.7 Å². The third kappa shape index (κ3) is 4.99. The summed E-state index contributed by atoms with van der Waals surface area (Å²) in [5.74, 6) is -1.16. The Bertz CT molecular complexity index is 1260. The van der Waals surface area contributed by atoms with Crippen LogP contribution >= 0.6 is 11.6 Å². The fourth-order valence-electron chi connectivity index (χ4n) is 3.34. The lowest BCUT2D eigenvalue weighted by molar-refractivity contribution is 0.102. The van der Waals surface area contributed by atoms with Crippen LogP contribution in [0, 0.1) is 11.2 Å². The number of nitrogens with zero attached hydrogens (tertiary/aromatic N) is 2. The van der Waals surface area contributed by atoms with E-state index in [9.17, 15) is 14.0 Å². The van der Waals surface area contributed by atoms with E-state index >= 15 is 0 Å². The average Bonchev–Trinajstić information content (AvgIpc) is 2.79. The predicted molar refractivity (Wildman–Crippen MR) is 128 cm³/mol. The molecule has 2 aromatic carbocycles. The van der Waals surface area contributed by atoms with Gasteiger partial charge in [0.25, 0.3) is 11.8 Å². The normalized spacial score (nSPS) is 12.5. The summed E-state index contributed by atoms with van der Waals surface area (Å²) in [6.07, 6.45) is 2.39. The molecule has 1 aliphatic rings. The maximum absolute atomic E-state index is 14.8. The van der Waals surface area contributed by atoms with E-state index in [1.807, 2.05) is 4.90 Å². The molecule has 2 amide bonds. The molecule has 3 aromatic rings. The van der Waals surface area contributed by atoms with Crippen molar-refractivity contribution in [1.82, 2.24) is 9.88 Å². The third-order valence-corrected chi connectivity index (χ3v) is 5.57. The number of rotatable bonds is 6. The molecule has 0 aliphatic carbocycles. The smallest absolute Gasteiger partial charge is 0.259 e. The highest BCUT2D eigenvalue weighted by Gasteiger charge is 2.22. The number of benzene rings is 2. The first kappa shape index (κ1) is 23.2. The molecule has 4 rings (SSSR count). The largest absolute Gasteiger partial charge is 0.497 e. The lowest BCUT2D eigenvalue weighted by Gasteiger charge is -2.33. The molecule has 0 saturated carbocycles. The first-order valence-corrected chi connectivity index (χ1v) is 10.8. The van der Waals surface area contributed by atoms with Gasteiger partial charge in [-0.3, -0.25) is 15.0 Å². The van der Waals surface area contributed by atoms with Crippen LogP contribution in [0.1, 0.15) is 32.7 Å². The van der Waals surface area contributed by atoms with Crippen molar-refractivity contribution in [3.8, 4) is 5.75 Å². The van der Waals surface area contributed by atoms with Gasteiger partial charge in [0.1, 0.15) is 23.2 Å². The first-order valence-electron chi connectivity index (χ1n) is 10.4. The van der Waals surface area contributed by atoms with Gasteiger partial charge in [-0.05, 0) is 48.9 Å². The van der Waals surface area contributed by atoms with Gasteiger partial charge in [-0.25, -0.2) is 9.37 Å². The number of carbonyl (C=O) groups is 2. The highest BCUT2D eigenvalue weighted by molar-refractivity contribution is 6.30. The Hall–Kier alpha value is -3.98. The van der Waals surface area contributed by atoms with Crippen molar-refractivity contribution in [2.75, 3.05) is 30.8 Å². The molecule has 1 aromatic heterocycles. The van der Waals surface area contributed by atoms with Gasteiger partial charge >= 0.3 is 0 Å². The first-order chi connectivity index (χ1) is 16.4. The number of hydrogen-bond acceptors (Lipinski definition) is 5. The number of amidine groups is 1. The average molecular weight is 482 g/mol. The second-order valence-electron chi connectivity index (χ2n) is 7.57. The Morgan fingerprint density at radius 2 is 1.82 bits per heavy atom. The SMILES string of the molecule is COc1ccc(NC(=O)c2ccc(C(=N)N3CCC3)cc2F)c(C(=O)Nc2ccc(Cl)cn2)c1. The predicted octanol–water partition coefficient (Wildman–Crippen LogP) is 4.42. The van der Waals surface area contributed by atoms with E-state index in [-0.39, 0.29) is 28.5 Å². The number of anilines is 2. The molecule has 0 atom stereocenters. The van der Waals surface area contributed by atoms with Crippen LogP contribution in [0.4, 0.5) is 15.9 Å². The number of likely N-dealkylation sites (tertiary alicyclic amines) is 1. The molecule has 1 fully saturated rings. The van der Waals surface area contributed by atoms with Gasteiger partial charge in [0.15, 0.2) is 0 Å². The fraction of sp³-hybridized carbons (Fsp3) is 0.167. The molecule has 34 heavy (non-hydrogen) atoms. The van der Waals surface area contributed by atoms with Crippen molar-refractivity contribution >= 4 is 40.8 Å². The number of pyridine rings is 1. The van der Waals surface area contributed by atoms with Crippen molar-refractivity contribution in [3.63, 3.8) is 0 Å². The molecule has 10 heteroatoms. The summed E-state index contributed by atoms with van der Waals surface area (Å²) in [5.41, 5.74) is 0.450. The summed E-state index contributed by atoms with van der Waals surface area (Å²) in [5, 5.41) is 13.8. The molecule has 0 unspecified atom stereocenters. The molecule has 3 N–H and O–H groups in total. The highest BCUT2D eigenvalue weighted by Crippen LogP contribution is 2.25. The summed E-state index contributed by atoms with van der Waals surface area (Å²) >= 11 is 5.83. The number of methoxy groups -OCH3 is 1. The van der Waals surface area contributed by atoms with Crippen molar-refractivity contribution < 1.29 is 18.7 Å². The molecule has 1 saturated heterocycles. The van der Waals surface area contributed by atoms with E-state index in [0.717, 1.165) is 19.5 Å². The van der Waals surface area contributed by atoms with Crippen LogP contribution in [0.3, 0.4) is 0 Å². The number of hydrogen-bond donors (Lipinski definition) is 3. The van der Waals surface area contributed by atoms with E-state index < -0.39 is 17.6 Å². The lowest BCUT2D eigenvalue weighted by atomic mass is 10.1. The molecule has 0 spiro atoms. The second-order valence-corrected chi connectivity index (χ2v) is 8.00. The summed E-state index contributed by atoms with van der Waals surface area (Å²) in [7, 11) is 1.45. The van der Waals surface area contributed by atoms with Crippen molar-refractivity contribution in [2.45, 2.75) is 6.42 Å². The van der Waals surface area contributed by atoms with Crippen molar-refractivity contribution in [1.29, 1.82) is 5.41 Å². The molecular weight excluding hydrogens is 461 g/mol. The second kappa shape index (κ2) is 9.88. The summed E-state index contributed by atoms with van der Waals surface area (Å²) in [6, 6.07) is 11.7. The fourth-order valence-corrected chi connectivity index (χ4v) is 3.45. The summed E-state index contributed by atoms with van der Waals surface area (Å²) in [4.78, 5) is 31.6. The van der Waals surface area contributed by atoms with Crippen LogP contribution in [0.5, 0.6) is 5.75 Å². The minimum Gasteiger partial charge on any atom is -0.497 e. The van der Waals surface area contributed by atoms with Gasteiger partial charge < -0.3 is 20.3 Å². The minimum atomic E-state index is -0.759. The standard InChI is InChI=1S/C24H21ClFN5O3/c1-34-16-5-7-20(18(12-16)24(33)30-21-8-4-15(25)13-28-21)29-23(32)17-6-3-14(11-19(17)26)22(27)31-9-2-10-31/h3-8,11-13,27H,2,9-10H2,1H3,(H,29,32)(H,28,30,33). The Labute approximate surface area is 200 Å². The quantitative estimate of drug-likeness (QED) is 0.357. The van der Waals surface area contributed by atoms with E-state index in [1.54, 1.807) is 12.1 Å². The number of halogens is 2. The van der Waals surface area contributed by atoms with Gasteiger partial charge in [0, 0.05) is 24.8 Å². The Morgan fingerprint density at radius 3 is 2.44 bits per heavy atom. The molecule has 0 radical (unpaired) electrons. The topological polar surface area (TPSA) is 107 Å². The van der Waals surface area contributed by atoms with Gasteiger partial charge in [-0.2, -0.15) is 0 Å². The van der Waals surface area contributed by atoms with Crippen molar-refractivity contribution in [3.05, 3.63) is 82.3 Å². The van der Waals surface area contributed by atoms with Crippen molar-refractivity contribution in [2.24, 2.45) is 0 Å². The highest BCUT2D eigenvalue weighted by atomic mass is 35.5. The zero-order chi connectivity index (χ0) is 24.2. The molecule has 8 nitrogen and oxygen atoms in total. The van der Waals surface area contributed by atoms with Gasteiger partial charge in [-0.15, -0.1) is 0 Å². The zero-order valence-corrected chi connectivity index (χ0v) is 18.9. The summed E-state index contributed by atoms with van der Waals surface area (Å²) < 4.78 is 19.9. The minimum absolute atomic E-state index is 0.0982. The van der Waals surface area contributed by atoms with E-state index in [0.29, 0.717) is 16.3 Å². The van der Waals surface area contributed by atoms with Crippen LogP contribution in [-0.2, 0) is 0 Å². The molecule has 1 aliphatic heterocycles.